The van der Waals surface area contributed by atoms with Gasteiger partial charge in [0.25, 0.3) is 0 Å². The van der Waals surface area contributed by atoms with Crippen molar-refractivity contribution in [2.75, 3.05) is 6.54 Å². The largest absolute Gasteiger partial charge is 0.337 e. The van der Waals surface area contributed by atoms with Gasteiger partial charge in [0.05, 0.1) is 6.04 Å². The first kappa shape index (κ1) is 10.3. The predicted molar refractivity (Wildman–Crippen MR) is 64.0 cm³/mol. The number of hydrogen-bond acceptors (Lipinski definition) is 2. The van der Waals surface area contributed by atoms with E-state index in [-0.39, 0.29) is 0 Å². The summed E-state index contributed by atoms with van der Waals surface area (Å²) in [6.45, 7) is 3.40. The number of hydrogen-bond donors (Lipinski definition) is 1. The highest BCUT2D eigenvalue weighted by atomic mass is 15.1. The van der Waals surface area contributed by atoms with E-state index in [0.29, 0.717) is 11.5 Å². The van der Waals surface area contributed by atoms with Crippen molar-refractivity contribution in [2.45, 2.75) is 38.6 Å². The summed E-state index contributed by atoms with van der Waals surface area (Å²) in [6, 6.07) is 0.372. The Bertz CT molecular complexity index is 374. The summed E-state index contributed by atoms with van der Waals surface area (Å²) in [5.74, 6) is 2.18. The average Bonchev–Trinajstić information content (AvgIpc) is 3.14. The molecule has 2 fully saturated rings. The van der Waals surface area contributed by atoms with Crippen LogP contribution in [-0.4, -0.2) is 16.1 Å². The van der Waals surface area contributed by atoms with Crippen LogP contribution >= 0.6 is 0 Å². The van der Waals surface area contributed by atoms with E-state index in [1.165, 1.54) is 32.2 Å². The van der Waals surface area contributed by atoms with E-state index in [2.05, 4.69) is 28.8 Å². The molecule has 0 aromatic carbocycles. The van der Waals surface area contributed by atoms with Crippen molar-refractivity contribution in [1.29, 1.82) is 0 Å². The molecular weight excluding hydrogens is 198 g/mol. The van der Waals surface area contributed by atoms with E-state index in [0.717, 1.165) is 11.7 Å². The summed E-state index contributed by atoms with van der Waals surface area (Å²) in [5, 5.41) is 3.67. The van der Waals surface area contributed by atoms with E-state index in [1.54, 1.807) is 0 Å². The van der Waals surface area contributed by atoms with Crippen molar-refractivity contribution >= 4 is 0 Å². The van der Waals surface area contributed by atoms with Crippen LogP contribution in [0.4, 0.5) is 0 Å². The van der Waals surface area contributed by atoms with Gasteiger partial charge in [0.15, 0.2) is 0 Å². The molecule has 2 aliphatic rings. The number of nitrogens with one attached hydrogen (secondary N) is 1. The van der Waals surface area contributed by atoms with Crippen LogP contribution in [0.2, 0.25) is 0 Å². The fourth-order valence-electron chi connectivity index (χ4n) is 2.83. The first-order chi connectivity index (χ1) is 7.71. The molecule has 1 aromatic heterocycles. The Kier molecular flexibility index (Phi) is 2.32. The molecule has 0 amide bonds. The number of aromatic nitrogens is 2. The van der Waals surface area contributed by atoms with Gasteiger partial charge in [0.1, 0.15) is 5.82 Å². The van der Waals surface area contributed by atoms with E-state index in [1.807, 2.05) is 12.4 Å². The van der Waals surface area contributed by atoms with Crippen LogP contribution in [-0.2, 0) is 7.05 Å². The molecule has 0 saturated heterocycles. The van der Waals surface area contributed by atoms with Crippen molar-refractivity contribution in [3.8, 4) is 0 Å². The number of imidazole rings is 1. The zero-order chi connectivity index (χ0) is 11.2. The number of aryl methyl sites for hydroxylation is 1. The Labute approximate surface area is 97.3 Å². The van der Waals surface area contributed by atoms with E-state index in [4.69, 9.17) is 0 Å². The quantitative estimate of drug-likeness (QED) is 0.823. The molecule has 0 radical (unpaired) electrons. The van der Waals surface area contributed by atoms with E-state index in [9.17, 15) is 0 Å². The van der Waals surface area contributed by atoms with Gasteiger partial charge in [0.2, 0.25) is 0 Å². The SMILES string of the molecule is CC(NCC1(C2CC2)CC1)c1nccn1C. The minimum Gasteiger partial charge on any atom is -0.337 e. The minimum atomic E-state index is 0.372. The highest BCUT2D eigenvalue weighted by molar-refractivity contribution is 5.06. The highest BCUT2D eigenvalue weighted by Crippen LogP contribution is 2.60. The lowest BCUT2D eigenvalue weighted by Crippen LogP contribution is -2.29. The third-order valence-electron chi connectivity index (χ3n) is 4.34. The normalized spacial score (nSPS) is 24.4. The fraction of sp³-hybridized carbons (Fsp3) is 0.769. The van der Waals surface area contributed by atoms with Gasteiger partial charge in [-0.1, -0.05) is 0 Å². The minimum absolute atomic E-state index is 0.372. The number of nitrogens with zero attached hydrogens (tertiary/aromatic N) is 2. The smallest absolute Gasteiger partial charge is 0.125 e. The van der Waals surface area contributed by atoms with Gasteiger partial charge in [0, 0.05) is 26.0 Å². The molecule has 1 N–H and O–H groups in total. The Morgan fingerprint density at radius 2 is 2.31 bits per heavy atom. The van der Waals surface area contributed by atoms with Crippen molar-refractivity contribution in [2.24, 2.45) is 18.4 Å². The van der Waals surface area contributed by atoms with Crippen molar-refractivity contribution < 1.29 is 0 Å². The standard InChI is InChI=1S/C13H21N3/c1-10(12-14-7-8-16(12)2)15-9-13(5-6-13)11-3-4-11/h7-8,10-11,15H,3-6,9H2,1-2H3. The summed E-state index contributed by atoms with van der Waals surface area (Å²) in [4.78, 5) is 4.40. The lowest BCUT2D eigenvalue weighted by Gasteiger charge is -2.19. The molecule has 1 heterocycles. The van der Waals surface area contributed by atoms with Crippen LogP contribution < -0.4 is 5.32 Å². The highest BCUT2D eigenvalue weighted by Gasteiger charge is 2.53. The summed E-state index contributed by atoms with van der Waals surface area (Å²) in [5.41, 5.74) is 0.680. The summed E-state index contributed by atoms with van der Waals surface area (Å²) in [6.07, 6.45) is 9.72. The molecule has 1 aromatic rings. The van der Waals surface area contributed by atoms with Crippen LogP contribution in [0.15, 0.2) is 12.4 Å². The van der Waals surface area contributed by atoms with Gasteiger partial charge in [-0.15, -0.1) is 0 Å². The molecule has 1 atom stereocenters. The second-order valence-corrected chi connectivity index (χ2v) is 5.64. The Morgan fingerprint density at radius 1 is 1.56 bits per heavy atom. The summed E-state index contributed by atoms with van der Waals surface area (Å²) < 4.78 is 2.11. The molecule has 0 bridgehead atoms. The predicted octanol–water partition coefficient (Wildman–Crippen LogP) is 2.26. The van der Waals surface area contributed by atoms with Crippen LogP contribution in [0, 0.1) is 11.3 Å². The monoisotopic (exact) mass is 219 g/mol. The first-order valence-electron chi connectivity index (χ1n) is 6.42. The van der Waals surface area contributed by atoms with Gasteiger partial charge < -0.3 is 9.88 Å². The topological polar surface area (TPSA) is 29.9 Å². The van der Waals surface area contributed by atoms with Crippen LogP contribution in [0.1, 0.15) is 44.5 Å². The van der Waals surface area contributed by atoms with Crippen LogP contribution in [0.25, 0.3) is 0 Å². The second-order valence-electron chi connectivity index (χ2n) is 5.64. The molecule has 3 heteroatoms. The molecule has 3 nitrogen and oxygen atoms in total. The maximum absolute atomic E-state index is 4.40. The zero-order valence-electron chi connectivity index (χ0n) is 10.2. The molecule has 2 saturated carbocycles. The Morgan fingerprint density at radius 3 is 2.81 bits per heavy atom. The molecule has 88 valence electrons. The summed E-state index contributed by atoms with van der Waals surface area (Å²) >= 11 is 0. The lowest BCUT2D eigenvalue weighted by atomic mass is 10.0. The maximum Gasteiger partial charge on any atom is 0.125 e. The van der Waals surface area contributed by atoms with Gasteiger partial charge in [-0.05, 0) is 43.9 Å². The number of rotatable bonds is 5. The molecule has 0 spiro atoms. The van der Waals surface area contributed by atoms with Crippen molar-refractivity contribution in [3.63, 3.8) is 0 Å². The van der Waals surface area contributed by atoms with Crippen molar-refractivity contribution in [3.05, 3.63) is 18.2 Å². The van der Waals surface area contributed by atoms with E-state index < -0.39 is 0 Å². The second kappa shape index (κ2) is 3.59. The molecule has 3 rings (SSSR count). The third kappa shape index (κ3) is 1.77. The zero-order valence-corrected chi connectivity index (χ0v) is 10.2. The third-order valence-corrected chi connectivity index (χ3v) is 4.34. The Hall–Kier alpha value is -0.830. The van der Waals surface area contributed by atoms with Gasteiger partial charge >= 0.3 is 0 Å². The Balaban J connectivity index is 1.57. The fourth-order valence-corrected chi connectivity index (χ4v) is 2.83. The van der Waals surface area contributed by atoms with Crippen LogP contribution in [0.3, 0.4) is 0 Å². The first-order valence-corrected chi connectivity index (χ1v) is 6.42. The van der Waals surface area contributed by atoms with Gasteiger partial charge in [-0.2, -0.15) is 0 Å². The van der Waals surface area contributed by atoms with Crippen molar-refractivity contribution in [1.82, 2.24) is 14.9 Å². The molecule has 2 aliphatic carbocycles. The molecule has 1 unspecified atom stereocenters. The van der Waals surface area contributed by atoms with Gasteiger partial charge in [-0.25, -0.2) is 4.98 Å². The maximum atomic E-state index is 4.40. The summed E-state index contributed by atoms with van der Waals surface area (Å²) in [7, 11) is 2.06. The molecular formula is C13H21N3. The van der Waals surface area contributed by atoms with Gasteiger partial charge in [-0.3, -0.25) is 0 Å². The van der Waals surface area contributed by atoms with E-state index >= 15 is 0 Å². The molecule has 0 aliphatic heterocycles. The molecule has 16 heavy (non-hydrogen) atoms. The lowest BCUT2D eigenvalue weighted by molar-refractivity contribution is 0.374. The average molecular weight is 219 g/mol. The van der Waals surface area contributed by atoms with Crippen LogP contribution in [0.5, 0.6) is 0 Å².